The lowest BCUT2D eigenvalue weighted by atomic mass is 10.1. The van der Waals surface area contributed by atoms with E-state index in [9.17, 15) is 4.79 Å². The van der Waals surface area contributed by atoms with E-state index in [1.165, 1.54) is 16.9 Å². The zero-order valence-corrected chi connectivity index (χ0v) is 18.2. The molecule has 0 amide bonds. The SMILES string of the molecule is CCOC1=Nn2nc(-c3ccc(C(=O)O)cc3)nc2C1=Nc1ccc(N(CC)CC)cc1. The Hall–Kier alpha value is -4.01. The molecule has 0 aliphatic carbocycles. The average Bonchev–Trinajstić information content (AvgIpc) is 3.35. The molecule has 4 rings (SSSR count). The Kier molecular flexibility index (Phi) is 5.98. The van der Waals surface area contributed by atoms with Crippen molar-refractivity contribution in [3.63, 3.8) is 0 Å². The molecule has 0 fully saturated rings. The van der Waals surface area contributed by atoms with Crippen molar-refractivity contribution in [1.29, 1.82) is 0 Å². The lowest BCUT2D eigenvalue weighted by Gasteiger charge is -2.20. The number of fused-ring (bicyclic) bond motifs is 1. The van der Waals surface area contributed by atoms with Crippen LogP contribution >= 0.6 is 0 Å². The number of aliphatic imine (C=N–C) groups is 1. The third kappa shape index (κ3) is 4.09. The lowest BCUT2D eigenvalue weighted by molar-refractivity contribution is 0.0697. The molecule has 1 aliphatic rings. The normalized spacial score (nSPS) is 13.7. The number of anilines is 1. The number of nitrogens with zero attached hydrogens (tertiary/aromatic N) is 6. The Morgan fingerprint density at radius 2 is 1.75 bits per heavy atom. The third-order valence-corrected chi connectivity index (χ3v) is 5.08. The first-order valence-electron chi connectivity index (χ1n) is 10.5. The smallest absolute Gasteiger partial charge is 0.335 e. The van der Waals surface area contributed by atoms with E-state index in [4.69, 9.17) is 14.8 Å². The van der Waals surface area contributed by atoms with Gasteiger partial charge in [-0.05, 0) is 57.2 Å². The zero-order valence-electron chi connectivity index (χ0n) is 18.2. The van der Waals surface area contributed by atoms with Crippen LogP contribution < -0.4 is 4.90 Å². The second-order valence-corrected chi connectivity index (χ2v) is 7.02. The van der Waals surface area contributed by atoms with Crippen LogP contribution in [0.15, 0.2) is 58.6 Å². The standard InChI is InChI=1S/C23H24N6O3/c1-4-28(5-2)18-13-11-17(12-14-18)24-19-21-25-20(26-29(21)27-22(19)32-6-3)15-7-9-16(10-8-15)23(30)31/h7-14H,4-6H2,1-3H3,(H,30,31). The van der Waals surface area contributed by atoms with Crippen molar-refractivity contribution in [1.82, 2.24) is 14.9 Å². The summed E-state index contributed by atoms with van der Waals surface area (Å²) in [6, 6.07) is 14.4. The number of aromatic carboxylic acids is 1. The van der Waals surface area contributed by atoms with Crippen LogP contribution in [0.25, 0.3) is 11.4 Å². The maximum absolute atomic E-state index is 11.1. The van der Waals surface area contributed by atoms with Gasteiger partial charge in [0.25, 0.3) is 5.90 Å². The van der Waals surface area contributed by atoms with Gasteiger partial charge in [-0.25, -0.2) is 14.8 Å². The van der Waals surface area contributed by atoms with Gasteiger partial charge in [-0.3, -0.25) is 0 Å². The van der Waals surface area contributed by atoms with E-state index < -0.39 is 5.97 Å². The van der Waals surface area contributed by atoms with Gasteiger partial charge in [0.1, 0.15) is 0 Å². The van der Waals surface area contributed by atoms with Gasteiger partial charge in [0.2, 0.25) is 5.82 Å². The number of ether oxygens (including phenoxy) is 1. The van der Waals surface area contributed by atoms with Crippen LogP contribution in [0.2, 0.25) is 0 Å². The first kappa shape index (κ1) is 21.2. The van der Waals surface area contributed by atoms with E-state index in [-0.39, 0.29) is 5.56 Å². The first-order valence-corrected chi connectivity index (χ1v) is 10.5. The molecule has 9 heteroatoms. The molecular weight excluding hydrogens is 408 g/mol. The van der Waals surface area contributed by atoms with Gasteiger partial charge in [0.15, 0.2) is 11.5 Å². The summed E-state index contributed by atoms with van der Waals surface area (Å²) < 4.78 is 5.66. The molecule has 0 spiro atoms. The number of aromatic nitrogens is 3. The van der Waals surface area contributed by atoms with Crippen LogP contribution in [-0.4, -0.2) is 57.3 Å². The van der Waals surface area contributed by atoms with Crippen LogP contribution in [0.1, 0.15) is 37.0 Å². The van der Waals surface area contributed by atoms with Gasteiger partial charge < -0.3 is 14.7 Å². The van der Waals surface area contributed by atoms with Crippen molar-refractivity contribution in [3.8, 4) is 11.4 Å². The van der Waals surface area contributed by atoms with Crippen LogP contribution in [0.4, 0.5) is 11.4 Å². The summed E-state index contributed by atoms with van der Waals surface area (Å²) in [7, 11) is 0. The minimum absolute atomic E-state index is 0.201. The molecule has 0 unspecified atom stereocenters. The van der Waals surface area contributed by atoms with Crippen molar-refractivity contribution in [2.45, 2.75) is 20.8 Å². The monoisotopic (exact) mass is 432 g/mol. The van der Waals surface area contributed by atoms with Crippen molar-refractivity contribution < 1.29 is 14.6 Å². The Morgan fingerprint density at radius 3 is 2.34 bits per heavy atom. The van der Waals surface area contributed by atoms with Crippen molar-refractivity contribution in [2.24, 2.45) is 10.1 Å². The molecule has 0 atom stereocenters. The second-order valence-electron chi connectivity index (χ2n) is 7.02. The van der Waals surface area contributed by atoms with Crippen LogP contribution in [-0.2, 0) is 4.74 Å². The summed E-state index contributed by atoms with van der Waals surface area (Å²) >= 11 is 0. The number of carboxylic acid groups (broad SMARTS) is 1. The Morgan fingerprint density at radius 1 is 1.06 bits per heavy atom. The van der Waals surface area contributed by atoms with E-state index in [2.05, 4.69) is 33.9 Å². The average molecular weight is 432 g/mol. The molecular formula is C23H24N6O3. The summed E-state index contributed by atoms with van der Waals surface area (Å²) in [4.78, 5) is 24.1. The van der Waals surface area contributed by atoms with Crippen molar-refractivity contribution in [3.05, 3.63) is 59.9 Å². The molecule has 2 heterocycles. The molecule has 1 aromatic heterocycles. The topological polar surface area (TPSA) is 105 Å². The fourth-order valence-electron chi connectivity index (χ4n) is 3.42. The highest BCUT2D eigenvalue weighted by molar-refractivity contribution is 6.46. The van der Waals surface area contributed by atoms with Crippen molar-refractivity contribution >= 4 is 29.0 Å². The first-order chi connectivity index (χ1) is 15.5. The molecule has 0 radical (unpaired) electrons. The highest BCUT2D eigenvalue weighted by Gasteiger charge is 2.29. The number of carboxylic acids is 1. The second kappa shape index (κ2) is 9.01. The predicted molar refractivity (Wildman–Crippen MR) is 123 cm³/mol. The molecule has 0 saturated heterocycles. The molecule has 9 nitrogen and oxygen atoms in total. The Bertz CT molecular complexity index is 1180. The fourth-order valence-corrected chi connectivity index (χ4v) is 3.42. The van der Waals surface area contributed by atoms with E-state index in [0.29, 0.717) is 35.4 Å². The lowest BCUT2D eigenvalue weighted by Crippen LogP contribution is -2.21. The summed E-state index contributed by atoms with van der Waals surface area (Å²) in [5.41, 5.74) is 3.29. The fraction of sp³-hybridized carbons (Fsp3) is 0.261. The Labute approximate surface area is 185 Å². The zero-order chi connectivity index (χ0) is 22.7. The number of benzene rings is 2. The largest absolute Gasteiger partial charge is 0.478 e. The summed E-state index contributed by atoms with van der Waals surface area (Å²) in [6.07, 6.45) is 0. The van der Waals surface area contributed by atoms with E-state index in [1.54, 1.807) is 12.1 Å². The van der Waals surface area contributed by atoms with Gasteiger partial charge in [0, 0.05) is 24.3 Å². The highest BCUT2D eigenvalue weighted by Crippen LogP contribution is 2.24. The Balaban J connectivity index is 1.67. The van der Waals surface area contributed by atoms with Gasteiger partial charge in [0.05, 0.1) is 17.9 Å². The summed E-state index contributed by atoms with van der Waals surface area (Å²) in [5, 5.41) is 17.9. The maximum Gasteiger partial charge on any atom is 0.335 e. The highest BCUT2D eigenvalue weighted by atomic mass is 16.5. The molecule has 3 aromatic rings. The van der Waals surface area contributed by atoms with E-state index in [1.807, 2.05) is 31.2 Å². The molecule has 1 N–H and O–H groups in total. The van der Waals surface area contributed by atoms with Crippen molar-refractivity contribution in [2.75, 3.05) is 24.6 Å². The van der Waals surface area contributed by atoms with E-state index in [0.717, 1.165) is 24.5 Å². The third-order valence-electron chi connectivity index (χ3n) is 5.08. The quantitative estimate of drug-likeness (QED) is 0.608. The minimum atomic E-state index is -0.982. The van der Waals surface area contributed by atoms with Crippen LogP contribution in [0.5, 0.6) is 0 Å². The number of hydrogen-bond donors (Lipinski definition) is 1. The van der Waals surface area contributed by atoms with Gasteiger partial charge >= 0.3 is 5.97 Å². The maximum atomic E-state index is 11.1. The van der Waals surface area contributed by atoms with E-state index >= 15 is 0 Å². The number of carbonyl (C=O) groups is 1. The molecule has 164 valence electrons. The van der Waals surface area contributed by atoms with Gasteiger partial charge in [-0.2, -0.15) is 0 Å². The molecule has 32 heavy (non-hydrogen) atoms. The number of hydrogen-bond acceptors (Lipinski definition) is 7. The van der Waals surface area contributed by atoms with Crippen LogP contribution in [0, 0.1) is 0 Å². The minimum Gasteiger partial charge on any atom is -0.478 e. The summed E-state index contributed by atoms with van der Waals surface area (Å²) in [5.74, 6) is 0.284. The molecule has 2 aromatic carbocycles. The molecule has 1 aliphatic heterocycles. The molecule has 0 saturated carbocycles. The van der Waals surface area contributed by atoms with Gasteiger partial charge in [-0.1, -0.05) is 12.1 Å². The van der Waals surface area contributed by atoms with Gasteiger partial charge in [-0.15, -0.1) is 15.0 Å². The predicted octanol–water partition coefficient (Wildman–Crippen LogP) is 3.82. The molecule has 0 bridgehead atoms. The summed E-state index contributed by atoms with van der Waals surface area (Å²) in [6.45, 7) is 8.44. The number of rotatable bonds is 7. The van der Waals surface area contributed by atoms with Crippen LogP contribution in [0.3, 0.4) is 0 Å².